The Balaban J connectivity index is 3.21. The number of hydrogen-bond acceptors (Lipinski definition) is 6. The second-order valence-electron chi connectivity index (χ2n) is 3.34. The molecule has 1 rings (SSSR count). The first-order valence-corrected chi connectivity index (χ1v) is 7.52. The number of aromatic nitrogens is 1. The lowest BCUT2D eigenvalue weighted by Gasteiger charge is -2.14. The van der Waals surface area contributed by atoms with Gasteiger partial charge in [-0.1, -0.05) is 11.3 Å². The van der Waals surface area contributed by atoms with Crippen LogP contribution in [0, 0.1) is 6.92 Å². The van der Waals surface area contributed by atoms with Gasteiger partial charge in [-0.25, -0.2) is 18.2 Å². The van der Waals surface area contributed by atoms with Gasteiger partial charge in [0.05, 0.1) is 17.9 Å². The molecule has 0 spiro atoms. The van der Waals surface area contributed by atoms with Crippen molar-refractivity contribution in [3.05, 3.63) is 10.7 Å². The molecule has 0 aliphatic heterocycles. The molecule has 0 bridgehead atoms. The second-order valence-corrected chi connectivity index (χ2v) is 6.53. The van der Waals surface area contributed by atoms with Crippen LogP contribution in [0.3, 0.4) is 0 Å². The van der Waals surface area contributed by atoms with Crippen LogP contribution in [0.25, 0.3) is 0 Å². The summed E-state index contributed by atoms with van der Waals surface area (Å²) in [6.45, 7) is 3.60. The van der Waals surface area contributed by atoms with E-state index in [0.717, 1.165) is 21.9 Å². The van der Waals surface area contributed by atoms with E-state index in [4.69, 9.17) is 4.74 Å². The van der Waals surface area contributed by atoms with E-state index >= 15 is 0 Å². The van der Waals surface area contributed by atoms with Crippen molar-refractivity contribution in [3.8, 4) is 0 Å². The molecule has 96 valence electrons. The molecule has 17 heavy (non-hydrogen) atoms. The molecule has 1 aromatic rings. The van der Waals surface area contributed by atoms with Crippen molar-refractivity contribution < 1.29 is 17.9 Å². The maximum atomic E-state index is 11.6. The summed E-state index contributed by atoms with van der Waals surface area (Å²) in [7, 11) is -2.04. The highest BCUT2D eigenvalue weighted by Gasteiger charge is 2.25. The molecular weight excluding hydrogens is 264 g/mol. The van der Waals surface area contributed by atoms with Crippen molar-refractivity contribution in [2.45, 2.75) is 13.8 Å². The van der Waals surface area contributed by atoms with Gasteiger partial charge in [0.2, 0.25) is 10.0 Å². The first kappa shape index (κ1) is 13.9. The molecule has 0 saturated heterocycles. The molecule has 0 radical (unpaired) electrons. The molecule has 0 atom stereocenters. The minimum atomic E-state index is -3.42. The molecule has 0 aromatic carbocycles. The first-order valence-electron chi connectivity index (χ1n) is 4.85. The molecule has 0 amide bonds. The predicted molar refractivity (Wildman–Crippen MR) is 66.1 cm³/mol. The number of sulfonamides is 1. The molecule has 8 heteroatoms. The quantitative estimate of drug-likeness (QED) is 0.769. The molecule has 0 fully saturated rings. The van der Waals surface area contributed by atoms with Crippen LogP contribution in [-0.2, 0) is 14.8 Å². The van der Waals surface area contributed by atoms with Crippen LogP contribution >= 0.6 is 11.3 Å². The number of carbonyl (C=O) groups is 1. The van der Waals surface area contributed by atoms with Crippen molar-refractivity contribution in [2.75, 3.05) is 24.2 Å². The zero-order chi connectivity index (χ0) is 13.2. The van der Waals surface area contributed by atoms with E-state index < -0.39 is 16.0 Å². The Bertz CT molecular complexity index is 521. The average Bonchev–Trinajstić information content (AvgIpc) is 2.58. The van der Waals surface area contributed by atoms with Gasteiger partial charge in [0.15, 0.2) is 5.69 Å². The molecule has 1 heterocycles. The molecule has 0 N–H and O–H groups in total. The van der Waals surface area contributed by atoms with Crippen LogP contribution in [0.15, 0.2) is 0 Å². The van der Waals surface area contributed by atoms with E-state index in [0.29, 0.717) is 5.01 Å². The van der Waals surface area contributed by atoms with Gasteiger partial charge in [-0.3, -0.25) is 4.31 Å². The van der Waals surface area contributed by atoms with E-state index in [-0.39, 0.29) is 17.3 Å². The fraction of sp³-hybridized carbons (Fsp3) is 0.556. The SMILES string of the molecule is CCOC(=O)c1nc(C)sc1N(C)S(C)(=O)=O. The summed E-state index contributed by atoms with van der Waals surface area (Å²) in [5.74, 6) is -0.609. The van der Waals surface area contributed by atoms with Crippen LogP contribution in [-0.4, -0.2) is 39.3 Å². The van der Waals surface area contributed by atoms with E-state index in [2.05, 4.69) is 4.98 Å². The third-order valence-electron chi connectivity index (χ3n) is 1.97. The highest BCUT2D eigenvalue weighted by atomic mass is 32.2. The zero-order valence-electron chi connectivity index (χ0n) is 10.1. The van der Waals surface area contributed by atoms with Crippen LogP contribution < -0.4 is 4.31 Å². The summed E-state index contributed by atoms with van der Waals surface area (Å²) < 4.78 is 28.7. The topological polar surface area (TPSA) is 76.6 Å². The lowest BCUT2D eigenvalue weighted by molar-refractivity contribution is 0.0521. The summed E-state index contributed by atoms with van der Waals surface area (Å²) in [6.07, 6.45) is 1.07. The maximum absolute atomic E-state index is 11.6. The number of anilines is 1. The van der Waals surface area contributed by atoms with Crippen LogP contribution in [0.1, 0.15) is 22.4 Å². The third-order valence-corrected chi connectivity index (χ3v) is 4.31. The third kappa shape index (κ3) is 3.16. The summed E-state index contributed by atoms with van der Waals surface area (Å²) in [5, 5.41) is 0.891. The van der Waals surface area contributed by atoms with Gasteiger partial charge in [0.25, 0.3) is 0 Å². The Hall–Kier alpha value is -1.15. The van der Waals surface area contributed by atoms with Gasteiger partial charge in [0.1, 0.15) is 5.00 Å². The first-order chi connectivity index (χ1) is 7.77. The monoisotopic (exact) mass is 278 g/mol. The number of ether oxygens (including phenoxy) is 1. The summed E-state index contributed by atoms with van der Waals surface area (Å²) >= 11 is 1.14. The Morgan fingerprint density at radius 1 is 1.53 bits per heavy atom. The Labute approximate surface area is 104 Å². The van der Waals surface area contributed by atoms with Gasteiger partial charge in [-0.15, -0.1) is 0 Å². The van der Waals surface area contributed by atoms with Crippen molar-refractivity contribution >= 4 is 32.3 Å². The van der Waals surface area contributed by atoms with E-state index in [9.17, 15) is 13.2 Å². The van der Waals surface area contributed by atoms with Gasteiger partial charge in [-0.2, -0.15) is 0 Å². The number of esters is 1. The smallest absolute Gasteiger partial charge is 0.360 e. The molecule has 0 saturated carbocycles. The number of nitrogens with zero attached hydrogens (tertiary/aromatic N) is 2. The largest absolute Gasteiger partial charge is 0.461 e. The Morgan fingerprint density at radius 2 is 2.12 bits per heavy atom. The predicted octanol–water partition coefficient (Wildman–Crippen LogP) is 1.02. The standard InChI is InChI=1S/C9H14N2O4S2/c1-5-15-9(12)7-8(16-6(2)10-7)11(3)17(4,13)14/h5H2,1-4H3. The molecule has 1 aromatic heterocycles. The molecular formula is C9H14N2O4S2. The van der Waals surface area contributed by atoms with Crippen molar-refractivity contribution in [3.63, 3.8) is 0 Å². The minimum absolute atomic E-state index is 0.0438. The average molecular weight is 278 g/mol. The zero-order valence-corrected chi connectivity index (χ0v) is 11.7. The van der Waals surface area contributed by atoms with Gasteiger partial charge in [-0.05, 0) is 13.8 Å². The van der Waals surface area contributed by atoms with Gasteiger partial charge in [0, 0.05) is 7.05 Å². The highest BCUT2D eigenvalue weighted by molar-refractivity contribution is 7.92. The fourth-order valence-electron chi connectivity index (χ4n) is 1.11. The second kappa shape index (κ2) is 5.01. The Kier molecular flexibility index (Phi) is 4.10. The highest BCUT2D eigenvalue weighted by Crippen LogP contribution is 2.29. The van der Waals surface area contributed by atoms with Gasteiger partial charge >= 0.3 is 5.97 Å². The number of thiazole rings is 1. The van der Waals surface area contributed by atoms with E-state index in [1.54, 1.807) is 13.8 Å². The molecule has 0 unspecified atom stereocenters. The van der Waals surface area contributed by atoms with Crippen LogP contribution in [0.4, 0.5) is 5.00 Å². The van der Waals surface area contributed by atoms with Crippen molar-refractivity contribution in [2.24, 2.45) is 0 Å². The fourth-order valence-corrected chi connectivity index (χ4v) is 2.79. The Morgan fingerprint density at radius 3 is 2.59 bits per heavy atom. The van der Waals surface area contributed by atoms with E-state index in [1.165, 1.54) is 7.05 Å². The summed E-state index contributed by atoms with van der Waals surface area (Å²) in [6, 6.07) is 0. The lowest BCUT2D eigenvalue weighted by Crippen LogP contribution is -2.26. The van der Waals surface area contributed by atoms with Crippen molar-refractivity contribution in [1.29, 1.82) is 0 Å². The lowest BCUT2D eigenvalue weighted by atomic mass is 10.4. The summed E-state index contributed by atoms with van der Waals surface area (Å²) in [4.78, 5) is 15.6. The molecule has 0 aliphatic carbocycles. The van der Waals surface area contributed by atoms with E-state index in [1.807, 2.05) is 0 Å². The summed E-state index contributed by atoms with van der Waals surface area (Å²) in [5.41, 5.74) is 0.0438. The van der Waals surface area contributed by atoms with Crippen molar-refractivity contribution in [1.82, 2.24) is 4.98 Å². The van der Waals surface area contributed by atoms with Crippen LogP contribution in [0.5, 0.6) is 0 Å². The number of carbonyl (C=O) groups excluding carboxylic acids is 1. The normalized spacial score (nSPS) is 11.3. The number of aryl methyl sites for hydroxylation is 1. The molecule has 0 aliphatic rings. The molecule has 6 nitrogen and oxygen atoms in total. The van der Waals surface area contributed by atoms with Crippen LogP contribution in [0.2, 0.25) is 0 Å². The maximum Gasteiger partial charge on any atom is 0.360 e. The number of hydrogen-bond donors (Lipinski definition) is 0. The number of rotatable bonds is 4. The van der Waals surface area contributed by atoms with Gasteiger partial charge < -0.3 is 4.74 Å². The minimum Gasteiger partial charge on any atom is -0.461 e.